The first-order chi connectivity index (χ1) is 15.2. The first-order valence-corrected chi connectivity index (χ1v) is 13.8. The van der Waals surface area contributed by atoms with E-state index in [0.29, 0.717) is 35.0 Å². The molecule has 4 rings (SSSR count). The molecular formula is C29H50O3. The Kier molecular flexibility index (Phi) is 7.22. The van der Waals surface area contributed by atoms with Gasteiger partial charge in [0, 0.05) is 0 Å². The molecule has 0 aliphatic heterocycles. The lowest BCUT2D eigenvalue weighted by Gasteiger charge is -2.62. The van der Waals surface area contributed by atoms with Crippen molar-refractivity contribution in [3.63, 3.8) is 0 Å². The van der Waals surface area contributed by atoms with E-state index < -0.39 is 0 Å². The maximum absolute atomic E-state index is 10.4. The molecule has 4 aliphatic carbocycles. The van der Waals surface area contributed by atoms with E-state index in [-0.39, 0.29) is 17.6 Å². The minimum absolute atomic E-state index is 0.105. The van der Waals surface area contributed by atoms with Crippen molar-refractivity contribution in [2.45, 2.75) is 112 Å². The van der Waals surface area contributed by atoms with Crippen molar-refractivity contribution >= 4 is 0 Å². The lowest BCUT2D eigenvalue weighted by atomic mass is 9.44. The number of allylic oxidation sites excluding steroid dienone is 2. The highest BCUT2D eigenvalue weighted by Gasteiger charge is 2.62. The van der Waals surface area contributed by atoms with Crippen LogP contribution in [-0.2, 0) is 4.89 Å². The second-order valence-electron chi connectivity index (χ2n) is 13.1. The van der Waals surface area contributed by atoms with Crippen molar-refractivity contribution in [2.24, 2.45) is 58.2 Å². The third-order valence-electron chi connectivity index (χ3n) is 11.5. The summed E-state index contributed by atoms with van der Waals surface area (Å²) in [5.41, 5.74) is 0.605. The molecule has 4 fully saturated rings. The van der Waals surface area contributed by atoms with Crippen LogP contribution in [0.25, 0.3) is 0 Å². The van der Waals surface area contributed by atoms with Crippen LogP contribution in [0.1, 0.15) is 99.3 Å². The molecule has 0 heterocycles. The monoisotopic (exact) mass is 446 g/mol. The Morgan fingerprint density at radius 3 is 2.25 bits per heavy atom. The van der Waals surface area contributed by atoms with Gasteiger partial charge in [0.1, 0.15) is 0 Å². The van der Waals surface area contributed by atoms with Crippen molar-refractivity contribution in [3.8, 4) is 0 Å². The predicted octanol–water partition coefficient (Wildman–Crippen LogP) is 7.35. The van der Waals surface area contributed by atoms with E-state index in [9.17, 15) is 10.4 Å². The van der Waals surface area contributed by atoms with Crippen LogP contribution in [0.4, 0.5) is 0 Å². The summed E-state index contributed by atoms with van der Waals surface area (Å²) in [4.78, 5) is 5.16. The van der Waals surface area contributed by atoms with Crippen LogP contribution in [0.5, 0.6) is 0 Å². The minimum atomic E-state index is -0.225. The molecule has 0 aromatic heterocycles. The summed E-state index contributed by atoms with van der Waals surface area (Å²) in [6.07, 6.45) is 15.1. The van der Waals surface area contributed by atoms with Gasteiger partial charge in [0.25, 0.3) is 0 Å². The van der Waals surface area contributed by atoms with Crippen LogP contribution in [-0.4, -0.2) is 22.6 Å². The summed E-state index contributed by atoms with van der Waals surface area (Å²) >= 11 is 0. The number of hydrogen-bond acceptors (Lipinski definition) is 3. The van der Waals surface area contributed by atoms with Crippen LogP contribution in [0.15, 0.2) is 12.2 Å². The molecule has 0 radical (unpaired) electrons. The molecule has 3 nitrogen and oxygen atoms in total. The zero-order valence-corrected chi connectivity index (χ0v) is 21.6. The molecule has 0 aromatic carbocycles. The summed E-state index contributed by atoms with van der Waals surface area (Å²) < 4.78 is 0. The number of aliphatic hydroxyl groups is 1. The van der Waals surface area contributed by atoms with Crippen molar-refractivity contribution in [1.29, 1.82) is 0 Å². The maximum atomic E-state index is 10.4. The molecule has 0 saturated heterocycles. The van der Waals surface area contributed by atoms with E-state index in [0.717, 1.165) is 43.4 Å². The standard InChI is InChI=1S/C29H50O3/c1-7-20(18(2)3)9-8-19(4)23-10-11-24-22-17-27(32-31)26-16-21(30)12-14-29(26,6)25(22)13-15-28(23,24)5/h8-9,18-27,30-31H,7,10-17H2,1-6H3/b9-8+/t19-,20-,21+,22+,23-,24+,25+,26?,27+,28-,29-/m1/s1. The molecular weight excluding hydrogens is 396 g/mol. The second-order valence-corrected chi connectivity index (χ2v) is 13.1. The van der Waals surface area contributed by atoms with Gasteiger partial charge in [-0.2, -0.15) is 0 Å². The van der Waals surface area contributed by atoms with Gasteiger partial charge in [-0.05, 0) is 116 Å². The van der Waals surface area contributed by atoms with E-state index in [1.807, 2.05) is 0 Å². The summed E-state index contributed by atoms with van der Waals surface area (Å²) in [6.45, 7) is 14.5. The summed E-state index contributed by atoms with van der Waals surface area (Å²) in [5, 5.41) is 20.2. The van der Waals surface area contributed by atoms with E-state index in [1.165, 1.54) is 32.1 Å². The van der Waals surface area contributed by atoms with E-state index in [2.05, 4.69) is 53.7 Å². The Labute approximate surface area is 197 Å². The first kappa shape index (κ1) is 24.7. The lowest BCUT2D eigenvalue weighted by Crippen LogP contribution is -2.58. The van der Waals surface area contributed by atoms with E-state index >= 15 is 0 Å². The topological polar surface area (TPSA) is 49.7 Å². The zero-order chi connectivity index (χ0) is 23.3. The van der Waals surface area contributed by atoms with Gasteiger partial charge in [-0.15, -0.1) is 0 Å². The van der Waals surface area contributed by atoms with Gasteiger partial charge in [-0.25, -0.2) is 4.89 Å². The maximum Gasteiger partial charge on any atom is 0.0964 e. The van der Waals surface area contributed by atoms with Crippen LogP contribution in [0.3, 0.4) is 0 Å². The molecule has 0 amide bonds. The third-order valence-corrected chi connectivity index (χ3v) is 11.5. The van der Waals surface area contributed by atoms with Gasteiger partial charge in [0.05, 0.1) is 12.2 Å². The fraction of sp³-hybridized carbons (Fsp3) is 0.931. The highest BCUT2D eigenvalue weighted by Crippen LogP contribution is 2.68. The second kappa shape index (κ2) is 9.34. The fourth-order valence-corrected chi connectivity index (χ4v) is 9.55. The van der Waals surface area contributed by atoms with Gasteiger partial charge >= 0.3 is 0 Å². The molecule has 0 spiro atoms. The average Bonchev–Trinajstić information content (AvgIpc) is 3.11. The number of rotatable bonds is 6. The highest BCUT2D eigenvalue weighted by molar-refractivity contribution is 5.12. The van der Waals surface area contributed by atoms with Crippen LogP contribution in [0, 0.1) is 58.2 Å². The number of aliphatic hydroxyl groups excluding tert-OH is 1. The minimum Gasteiger partial charge on any atom is -0.393 e. The van der Waals surface area contributed by atoms with Crippen molar-refractivity contribution in [2.75, 3.05) is 0 Å². The molecule has 32 heavy (non-hydrogen) atoms. The van der Waals surface area contributed by atoms with Crippen molar-refractivity contribution < 1.29 is 15.3 Å². The normalized spacial score (nSPS) is 48.3. The van der Waals surface area contributed by atoms with E-state index in [4.69, 9.17) is 4.89 Å². The quantitative estimate of drug-likeness (QED) is 0.255. The molecule has 1 unspecified atom stereocenters. The van der Waals surface area contributed by atoms with E-state index in [1.54, 1.807) is 0 Å². The lowest BCUT2D eigenvalue weighted by molar-refractivity contribution is -0.325. The molecule has 184 valence electrons. The van der Waals surface area contributed by atoms with Gasteiger partial charge in [0.2, 0.25) is 0 Å². The molecule has 0 aromatic rings. The first-order valence-electron chi connectivity index (χ1n) is 13.8. The van der Waals surface area contributed by atoms with Gasteiger partial charge in [-0.3, -0.25) is 5.26 Å². The van der Waals surface area contributed by atoms with Crippen LogP contribution < -0.4 is 0 Å². The van der Waals surface area contributed by atoms with Crippen LogP contribution in [0.2, 0.25) is 0 Å². The molecule has 4 aliphatic rings. The predicted molar refractivity (Wildman–Crippen MR) is 131 cm³/mol. The van der Waals surface area contributed by atoms with Gasteiger partial charge in [0.15, 0.2) is 0 Å². The molecule has 3 heteroatoms. The van der Waals surface area contributed by atoms with Gasteiger partial charge < -0.3 is 5.11 Å². The van der Waals surface area contributed by atoms with Crippen LogP contribution >= 0.6 is 0 Å². The molecule has 0 bridgehead atoms. The van der Waals surface area contributed by atoms with Crippen molar-refractivity contribution in [3.05, 3.63) is 12.2 Å². The number of fused-ring (bicyclic) bond motifs is 5. The third kappa shape index (κ3) is 4.03. The summed E-state index contributed by atoms with van der Waals surface area (Å²) in [5.74, 6) is 5.22. The highest BCUT2D eigenvalue weighted by atomic mass is 17.1. The number of hydrogen-bond donors (Lipinski definition) is 2. The Morgan fingerprint density at radius 1 is 0.906 bits per heavy atom. The zero-order valence-electron chi connectivity index (χ0n) is 21.6. The summed E-state index contributed by atoms with van der Waals surface area (Å²) in [7, 11) is 0. The van der Waals surface area contributed by atoms with Gasteiger partial charge in [-0.1, -0.05) is 53.7 Å². The Morgan fingerprint density at radius 2 is 1.59 bits per heavy atom. The largest absolute Gasteiger partial charge is 0.393 e. The Bertz CT molecular complexity index is 673. The smallest absolute Gasteiger partial charge is 0.0964 e. The summed E-state index contributed by atoms with van der Waals surface area (Å²) in [6, 6.07) is 0. The Balaban J connectivity index is 1.54. The molecule has 11 atom stereocenters. The fourth-order valence-electron chi connectivity index (χ4n) is 9.55. The molecule has 4 saturated carbocycles. The Hall–Kier alpha value is -0.380. The SMILES string of the molecule is CC[C@H](/C=C/[C@@H](C)[C@H]1CC[C@H]2[C@@H]3C[C@H](OO)C4C[C@@H](O)CC[C@]4(C)[C@H]3CC[C@]12C)C(C)C. The molecule has 2 N–H and O–H groups in total. The van der Waals surface area contributed by atoms with Crippen molar-refractivity contribution in [1.82, 2.24) is 0 Å². The average molecular weight is 447 g/mol.